The maximum Gasteiger partial charge on any atom is 0.247 e. The molecule has 3 aliphatic rings. The number of aliphatic hydroxyl groups is 1. The summed E-state index contributed by atoms with van der Waals surface area (Å²) < 4.78 is -0.777. The van der Waals surface area contributed by atoms with Crippen LogP contribution in [0.25, 0.3) is 0 Å². The Kier molecular flexibility index (Phi) is 10.8. The van der Waals surface area contributed by atoms with Crippen molar-refractivity contribution in [3.63, 3.8) is 0 Å². The van der Waals surface area contributed by atoms with Crippen molar-refractivity contribution >= 4 is 29.5 Å². The normalized spacial score (nSPS) is 27.6. The van der Waals surface area contributed by atoms with Gasteiger partial charge in [0.05, 0.1) is 29.2 Å². The summed E-state index contributed by atoms with van der Waals surface area (Å²) in [6.07, 6.45) is 6.40. The number of hydrogen-bond acceptors (Lipinski definition) is 5. The first-order valence-corrected chi connectivity index (χ1v) is 17.6. The molecular weight excluding hydrogens is 595 g/mol. The molecule has 0 aromatic heterocycles. The number of hydrogen-bond donors (Lipinski definition) is 1. The van der Waals surface area contributed by atoms with Gasteiger partial charge in [0.1, 0.15) is 6.04 Å². The van der Waals surface area contributed by atoms with Crippen LogP contribution < -0.4 is 0 Å². The van der Waals surface area contributed by atoms with Gasteiger partial charge in [-0.25, -0.2) is 0 Å². The molecule has 3 fully saturated rings. The van der Waals surface area contributed by atoms with Crippen LogP contribution >= 0.6 is 11.8 Å². The van der Waals surface area contributed by atoms with Gasteiger partial charge in [-0.3, -0.25) is 14.4 Å². The molecule has 2 bridgehead atoms. The number of rotatable bonds is 15. The number of thioether (sulfide) groups is 1. The van der Waals surface area contributed by atoms with Crippen LogP contribution in [0.15, 0.2) is 86.0 Å². The van der Waals surface area contributed by atoms with Gasteiger partial charge >= 0.3 is 0 Å². The number of nitrogens with zero attached hydrogens (tertiary/aromatic N) is 3. The minimum Gasteiger partial charge on any atom is -0.394 e. The number of likely N-dealkylation sites (tertiary alicyclic amines) is 1. The van der Waals surface area contributed by atoms with Crippen molar-refractivity contribution in [2.75, 3.05) is 19.7 Å². The number of carbonyl (C=O) groups is 3. The van der Waals surface area contributed by atoms with Gasteiger partial charge in [-0.2, -0.15) is 0 Å². The largest absolute Gasteiger partial charge is 0.394 e. The van der Waals surface area contributed by atoms with Crippen molar-refractivity contribution in [1.29, 1.82) is 0 Å². The maximum atomic E-state index is 15.0. The van der Waals surface area contributed by atoms with Gasteiger partial charge < -0.3 is 19.8 Å². The van der Waals surface area contributed by atoms with E-state index in [1.165, 1.54) is 0 Å². The van der Waals surface area contributed by atoms with Crippen LogP contribution in [0.3, 0.4) is 0 Å². The Balaban J connectivity index is 1.59. The monoisotopic (exact) mass is 643 g/mol. The van der Waals surface area contributed by atoms with Crippen molar-refractivity contribution < 1.29 is 19.5 Å². The molecular formula is C38H49N3O4S. The van der Waals surface area contributed by atoms with E-state index < -0.39 is 28.7 Å². The van der Waals surface area contributed by atoms with Crippen LogP contribution in [-0.4, -0.2) is 85.3 Å². The molecule has 1 N–H and O–H groups in total. The summed E-state index contributed by atoms with van der Waals surface area (Å²) in [5.41, 5.74) is 1.99. The van der Waals surface area contributed by atoms with Gasteiger partial charge in [-0.05, 0) is 43.2 Å². The first-order chi connectivity index (χ1) is 22.2. The van der Waals surface area contributed by atoms with Crippen LogP contribution in [0.4, 0.5) is 0 Å². The lowest BCUT2D eigenvalue weighted by molar-refractivity contribution is -0.147. The maximum absolute atomic E-state index is 15.0. The number of benzene rings is 2. The quantitative estimate of drug-likeness (QED) is 0.265. The molecule has 2 aromatic rings. The molecule has 0 aliphatic carbocycles. The summed E-state index contributed by atoms with van der Waals surface area (Å²) >= 11 is 1.68. The average Bonchev–Trinajstić information content (AvgIpc) is 3.66. The van der Waals surface area contributed by atoms with E-state index in [0.717, 1.165) is 30.4 Å². The zero-order chi connectivity index (χ0) is 33.0. The van der Waals surface area contributed by atoms with Crippen LogP contribution in [0.1, 0.15) is 51.2 Å². The molecule has 2 aromatic carbocycles. The van der Waals surface area contributed by atoms with Gasteiger partial charge in [0, 0.05) is 30.9 Å². The zero-order valence-electron chi connectivity index (χ0n) is 27.5. The molecule has 0 radical (unpaired) electrons. The smallest absolute Gasteiger partial charge is 0.247 e. The highest BCUT2D eigenvalue weighted by molar-refractivity contribution is 8.02. The minimum absolute atomic E-state index is 0.0320. The Labute approximate surface area is 278 Å². The highest BCUT2D eigenvalue weighted by atomic mass is 32.2. The summed E-state index contributed by atoms with van der Waals surface area (Å²) in [6.45, 7) is 15.0. The Hall–Kier alpha value is -3.36. The number of fused-ring (bicyclic) bond motifs is 1. The molecule has 3 amide bonds. The lowest BCUT2D eigenvalue weighted by atomic mass is 9.65. The number of amides is 3. The molecule has 3 saturated heterocycles. The van der Waals surface area contributed by atoms with Crippen LogP contribution in [0.5, 0.6) is 0 Å². The van der Waals surface area contributed by atoms with Gasteiger partial charge in [0.15, 0.2) is 0 Å². The molecule has 1 spiro atoms. The van der Waals surface area contributed by atoms with Crippen molar-refractivity contribution in [1.82, 2.24) is 14.7 Å². The fourth-order valence-corrected chi connectivity index (χ4v) is 10.7. The Morgan fingerprint density at radius 3 is 2.26 bits per heavy atom. The van der Waals surface area contributed by atoms with Gasteiger partial charge in [-0.1, -0.05) is 93.1 Å². The summed E-state index contributed by atoms with van der Waals surface area (Å²) in [5.74, 6) is -1.55. The third-order valence-corrected chi connectivity index (χ3v) is 12.4. The molecule has 3 aliphatic heterocycles. The summed E-state index contributed by atoms with van der Waals surface area (Å²) in [5, 5.41) is 10.8. The SMILES string of the molecule is C=CCN(Cc1ccccc1)C(=O)[C@@H]1[C@H]2C(=O)N([C@@H](CO)Cc3ccccc3)C(C(=O)N(CC=C)C(C)CCC)C23S[C@@H]1CC3C. The first-order valence-electron chi connectivity index (χ1n) is 16.7. The minimum atomic E-state index is -0.796. The fourth-order valence-electron chi connectivity index (χ4n) is 8.31. The van der Waals surface area contributed by atoms with Crippen molar-refractivity contribution in [3.05, 3.63) is 97.1 Å². The van der Waals surface area contributed by atoms with E-state index in [4.69, 9.17) is 0 Å². The average molecular weight is 644 g/mol. The van der Waals surface area contributed by atoms with Gasteiger partial charge in [0.2, 0.25) is 17.7 Å². The second-order valence-electron chi connectivity index (χ2n) is 13.2. The lowest BCUT2D eigenvalue weighted by Crippen LogP contribution is -2.60. The Bertz CT molecular complexity index is 1400. The number of carbonyl (C=O) groups excluding carboxylic acids is 3. The second-order valence-corrected chi connectivity index (χ2v) is 14.8. The molecule has 7 nitrogen and oxygen atoms in total. The van der Waals surface area contributed by atoms with Gasteiger partial charge in [-0.15, -0.1) is 24.9 Å². The second kappa shape index (κ2) is 14.6. The zero-order valence-corrected chi connectivity index (χ0v) is 28.3. The first kappa shape index (κ1) is 34.0. The summed E-state index contributed by atoms with van der Waals surface area (Å²) in [6, 6.07) is 18.2. The van der Waals surface area contributed by atoms with Crippen molar-refractivity contribution in [3.8, 4) is 0 Å². The van der Waals surface area contributed by atoms with Crippen LogP contribution in [-0.2, 0) is 27.3 Å². The predicted molar refractivity (Wildman–Crippen MR) is 185 cm³/mol. The van der Waals surface area contributed by atoms with Crippen molar-refractivity contribution in [2.45, 2.75) is 81.1 Å². The highest BCUT2D eigenvalue weighted by Gasteiger charge is 2.77. The van der Waals surface area contributed by atoms with E-state index >= 15 is 0 Å². The molecule has 8 heteroatoms. The standard InChI is InChI=1S/C38H49N3O4S/c1-6-15-27(5)40(21-8-3)37(45)34-38-26(4)22-31(46-38)32(35(43)39(20-7-2)24-29-18-13-10-14-19-29)33(38)36(44)41(34)30(25-42)23-28-16-11-9-12-17-28/h7-14,16-19,26-27,30-34,42H,2-3,6,15,20-25H2,1,4-5H3/t26?,27?,30-,31-,32+,33+,34?,38?/m1/s1. The Morgan fingerprint density at radius 2 is 1.67 bits per heavy atom. The lowest BCUT2D eigenvalue weighted by Gasteiger charge is -2.43. The molecule has 0 saturated carbocycles. The highest BCUT2D eigenvalue weighted by Crippen LogP contribution is 2.69. The molecule has 3 heterocycles. The van der Waals surface area contributed by atoms with E-state index in [9.17, 15) is 19.5 Å². The molecule has 8 atom stereocenters. The molecule has 246 valence electrons. The third kappa shape index (κ3) is 6.06. The predicted octanol–water partition coefficient (Wildman–Crippen LogP) is 5.35. The molecule has 5 rings (SSSR count). The Morgan fingerprint density at radius 1 is 1.04 bits per heavy atom. The topological polar surface area (TPSA) is 81.2 Å². The van der Waals surface area contributed by atoms with E-state index in [1.807, 2.05) is 65.6 Å². The fraction of sp³-hybridized carbons (Fsp3) is 0.500. The van der Waals surface area contributed by atoms with Crippen LogP contribution in [0, 0.1) is 17.8 Å². The summed E-state index contributed by atoms with van der Waals surface area (Å²) in [4.78, 5) is 49.9. The third-order valence-electron chi connectivity index (χ3n) is 10.3. The van der Waals surface area contributed by atoms with E-state index in [-0.39, 0.29) is 41.5 Å². The van der Waals surface area contributed by atoms with Crippen LogP contribution in [0.2, 0.25) is 0 Å². The van der Waals surface area contributed by atoms with Crippen molar-refractivity contribution in [2.24, 2.45) is 17.8 Å². The summed E-state index contributed by atoms with van der Waals surface area (Å²) in [7, 11) is 0. The van der Waals surface area contributed by atoms with E-state index in [2.05, 4.69) is 33.9 Å². The number of aliphatic hydroxyl groups excluding tert-OH is 1. The molecule has 4 unspecified atom stereocenters. The molecule has 46 heavy (non-hydrogen) atoms. The van der Waals surface area contributed by atoms with Gasteiger partial charge in [0.25, 0.3) is 0 Å². The van der Waals surface area contributed by atoms with E-state index in [1.54, 1.807) is 33.7 Å². The van der Waals surface area contributed by atoms with E-state index in [0.29, 0.717) is 26.1 Å².